The summed E-state index contributed by atoms with van der Waals surface area (Å²) in [6.07, 6.45) is 10.3. The van der Waals surface area contributed by atoms with Gasteiger partial charge in [0.1, 0.15) is 11.6 Å². The van der Waals surface area contributed by atoms with Crippen molar-refractivity contribution >= 4 is 11.6 Å². The fraction of sp³-hybridized carbons (Fsp3) is 0.526. The van der Waals surface area contributed by atoms with Crippen molar-refractivity contribution in [2.75, 3.05) is 13.1 Å². The van der Waals surface area contributed by atoms with E-state index in [-0.39, 0.29) is 5.82 Å². The summed E-state index contributed by atoms with van der Waals surface area (Å²) < 4.78 is 15.8. The first-order chi connectivity index (χ1) is 11.7. The Morgan fingerprint density at radius 2 is 2.04 bits per heavy atom. The van der Waals surface area contributed by atoms with Crippen LogP contribution in [0.25, 0.3) is 11.4 Å². The van der Waals surface area contributed by atoms with Crippen molar-refractivity contribution in [3.8, 4) is 11.4 Å². The van der Waals surface area contributed by atoms with E-state index in [9.17, 15) is 4.39 Å². The molecule has 2 atom stereocenters. The van der Waals surface area contributed by atoms with Crippen LogP contribution in [0.5, 0.6) is 0 Å². The summed E-state index contributed by atoms with van der Waals surface area (Å²) in [5.74, 6) is 1.13. The van der Waals surface area contributed by atoms with E-state index in [4.69, 9.17) is 11.6 Å². The molecule has 5 heteroatoms. The molecule has 3 heterocycles. The van der Waals surface area contributed by atoms with Gasteiger partial charge in [0, 0.05) is 30.5 Å². The van der Waals surface area contributed by atoms with Crippen molar-refractivity contribution in [3.05, 3.63) is 41.4 Å². The molecular weight excluding hydrogens is 325 g/mol. The van der Waals surface area contributed by atoms with Crippen LogP contribution in [0, 0.1) is 11.7 Å². The van der Waals surface area contributed by atoms with E-state index in [1.54, 1.807) is 12.3 Å². The van der Waals surface area contributed by atoms with Gasteiger partial charge in [0.25, 0.3) is 0 Å². The van der Waals surface area contributed by atoms with Gasteiger partial charge in [-0.1, -0.05) is 18.0 Å². The highest BCUT2D eigenvalue weighted by Gasteiger charge is 2.33. The quantitative estimate of drug-likeness (QED) is 0.808. The summed E-state index contributed by atoms with van der Waals surface area (Å²) in [6.45, 7) is 3.42. The van der Waals surface area contributed by atoms with Crippen molar-refractivity contribution in [1.29, 1.82) is 0 Å². The number of imidazole rings is 1. The molecule has 2 aliphatic heterocycles. The van der Waals surface area contributed by atoms with E-state index < -0.39 is 0 Å². The molecule has 0 bridgehead atoms. The average molecular weight is 348 g/mol. The fourth-order valence-corrected chi connectivity index (χ4v) is 4.61. The molecular formula is C19H23ClFN3. The minimum Gasteiger partial charge on any atom is -0.331 e. The third-order valence-electron chi connectivity index (χ3n) is 5.54. The Balaban J connectivity index is 1.59. The topological polar surface area (TPSA) is 21.1 Å². The molecule has 1 aromatic heterocycles. The van der Waals surface area contributed by atoms with E-state index in [1.807, 2.05) is 6.20 Å². The first-order valence-corrected chi connectivity index (χ1v) is 9.31. The molecule has 0 amide bonds. The zero-order valence-corrected chi connectivity index (χ0v) is 14.6. The Labute approximate surface area is 147 Å². The van der Waals surface area contributed by atoms with Crippen molar-refractivity contribution in [2.24, 2.45) is 5.92 Å². The van der Waals surface area contributed by atoms with E-state index in [1.165, 1.54) is 57.3 Å². The highest BCUT2D eigenvalue weighted by atomic mass is 35.5. The first kappa shape index (κ1) is 16.1. The number of hydrogen-bond acceptors (Lipinski definition) is 2. The van der Waals surface area contributed by atoms with Crippen LogP contribution >= 0.6 is 11.6 Å². The summed E-state index contributed by atoms with van der Waals surface area (Å²) in [5.41, 5.74) is 0.679. The molecule has 2 aromatic rings. The Hall–Kier alpha value is -1.39. The third-order valence-corrected chi connectivity index (χ3v) is 5.87. The molecule has 0 radical (unpaired) electrons. The number of fused-ring (bicyclic) bond motifs is 1. The molecule has 0 saturated carbocycles. The monoisotopic (exact) mass is 347 g/mol. The molecule has 2 aliphatic rings. The largest absolute Gasteiger partial charge is 0.331 e. The number of benzene rings is 1. The molecule has 1 aromatic carbocycles. The highest BCUT2D eigenvalue weighted by molar-refractivity contribution is 6.33. The Kier molecular flexibility index (Phi) is 4.59. The summed E-state index contributed by atoms with van der Waals surface area (Å²) in [6, 6.07) is 5.16. The normalized spacial score (nSPS) is 24.8. The number of aromatic nitrogens is 2. The molecule has 0 unspecified atom stereocenters. The van der Waals surface area contributed by atoms with Crippen molar-refractivity contribution < 1.29 is 4.39 Å². The molecule has 128 valence electrons. The van der Waals surface area contributed by atoms with Crippen LogP contribution in [0.15, 0.2) is 30.6 Å². The van der Waals surface area contributed by atoms with E-state index in [2.05, 4.69) is 14.5 Å². The lowest BCUT2D eigenvalue weighted by molar-refractivity contribution is 0.0521. The van der Waals surface area contributed by atoms with Gasteiger partial charge in [0.05, 0.1) is 5.02 Å². The van der Waals surface area contributed by atoms with E-state index in [0.717, 1.165) is 12.4 Å². The van der Waals surface area contributed by atoms with E-state index in [0.29, 0.717) is 22.5 Å². The van der Waals surface area contributed by atoms with Gasteiger partial charge in [0.15, 0.2) is 0 Å². The molecule has 2 fully saturated rings. The predicted molar refractivity (Wildman–Crippen MR) is 94.6 cm³/mol. The number of rotatable bonds is 3. The summed E-state index contributed by atoms with van der Waals surface area (Å²) >= 11 is 6.28. The second kappa shape index (κ2) is 6.85. The number of nitrogens with zero attached hydrogens (tertiary/aromatic N) is 3. The van der Waals surface area contributed by atoms with Crippen molar-refractivity contribution in [3.63, 3.8) is 0 Å². The Morgan fingerprint density at radius 3 is 2.96 bits per heavy atom. The zero-order chi connectivity index (χ0) is 16.5. The Morgan fingerprint density at radius 1 is 1.17 bits per heavy atom. The molecule has 0 spiro atoms. The van der Waals surface area contributed by atoms with Crippen molar-refractivity contribution in [1.82, 2.24) is 14.5 Å². The molecule has 0 aliphatic carbocycles. The van der Waals surface area contributed by atoms with Gasteiger partial charge in [-0.05, 0) is 62.9 Å². The van der Waals surface area contributed by atoms with Crippen LogP contribution in [0.4, 0.5) is 4.39 Å². The second-order valence-electron chi connectivity index (χ2n) is 7.03. The first-order valence-electron chi connectivity index (χ1n) is 8.93. The van der Waals surface area contributed by atoms with Gasteiger partial charge < -0.3 is 9.47 Å². The van der Waals surface area contributed by atoms with Gasteiger partial charge >= 0.3 is 0 Å². The summed E-state index contributed by atoms with van der Waals surface area (Å²) in [4.78, 5) is 7.13. The number of piperidine rings is 2. The highest BCUT2D eigenvalue weighted by Crippen LogP contribution is 2.34. The van der Waals surface area contributed by atoms with Crippen LogP contribution in [0.2, 0.25) is 5.02 Å². The van der Waals surface area contributed by atoms with Gasteiger partial charge in [-0.15, -0.1) is 0 Å². The van der Waals surface area contributed by atoms with Crippen molar-refractivity contribution in [2.45, 2.75) is 44.7 Å². The smallest absolute Gasteiger partial charge is 0.141 e. The van der Waals surface area contributed by atoms with Gasteiger partial charge in [-0.2, -0.15) is 0 Å². The number of halogens is 2. The molecule has 0 N–H and O–H groups in total. The minimum absolute atomic E-state index is 0.278. The van der Waals surface area contributed by atoms with Crippen LogP contribution < -0.4 is 0 Å². The maximum Gasteiger partial charge on any atom is 0.141 e. The van der Waals surface area contributed by atoms with Gasteiger partial charge in [-0.25, -0.2) is 9.37 Å². The SMILES string of the molecule is Fc1ccc(Cl)c(-c2nccn2C[C@@H]2CCCN3CCCC[C@H]23)c1. The fourth-order valence-electron chi connectivity index (χ4n) is 4.41. The van der Waals surface area contributed by atoms with Crippen LogP contribution in [-0.4, -0.2) is 33.6 Å². The molecule has 3 nitrogen and oxygen atoms in total. The van der Waals surface area contributed by atoms with Crippen LogP contribution in [0.1, 0.15) is 32.1 Å². The second-order valence-corrected chi connectivity index (χ2v) is 7.44. The lowest BCUT2D eigenvalue weighted by Crippen LogP contribution is -2.49. The lowest BCUT2D eigenvalue weighted by atomic mass is 9.83. The van der Waals surface area contributed by atoms with E-state index >= 15 is 0 Å². The van der Waals surface area contributed by atoms with Crippen LogP contribution in [-0.2, 0) is 6.54 Å². The number of hydrogen-bond donors (Lipinski definition) is 0. The summed E-state index contributed by atoms with van der Waals surface area (Å²) in [7, 11) is 0. The third kappa shape index (κ3) is 3.09. The predicted octanol–water partition coefficient (Wildman–Crippen LogP) is 4.61. The minimum atomic E-state index is -0.278. The Bertz CT molecular complexity index is 712. The lowest BCUT2D eigenvalue weighted by Gasteiger charge is -2.44. The molecule has 2 saturated heterocycles. The average Bonchev–Trinajstić information content (AvgIpc) is 3.05. The zero-order valence-electron chi connectivity index (χ0n) is 13.8. The maximum atomic E-state index is 13.6. The van der Waals surface area contributed by atoms with Gasteiger partial charge in [0.2, 0.25) is 0 Å². The van der Waals surface area contributed by atoms with Gasteiger partial charge in [-0.3, -0.25) is 0 Å². The molecule has 24 heavy (non-hydrogen) atoms. The molecule has 4 rings (SSSR count). The standard InChI is InChI=1S/C19H23ClFN3/c20-17-7-6-15(21)12-16(17)19-22-8-11-24(19)13-14-4-3-10-23-9-2-1-5-18(14)23/h6-8,11-12,14,18H,1-5,9-10,13H2/t14-,18+/m0/s1. The maximum absolute atomic E-state index is 13.6. The summed E-state index contributed by atoms with van der Waals surface area (Å²) in [5, 5.41) is 0.548. The van der Waals surface area contributed by atoms with Crippen LogP contribution in [0.3, 0.4) is 0 Å².